The normalized spacial score (nSPS) is 14.3. The molecule has 8 heteroatoms. The monoisotopic (exact) mass is 335 g/mol. The first-order chi connectivity index (χ1) is 10.9. The first-order valence-electron chi connectivity index (χ1n) is 7.14. The molecule has 1 amide bonds. The van der Waals surface area contributed by atoms with Crippen LogP contribution in [0, 0.1) is 6.92 Å². The third kappa shape index (κ3) is 2.87. The van der Waals surface area contributed by atoms with Gasteiger partial charge in [0.2, 0.25) is 0 Å². The summed E-state index contributed by atoms with van der Waals surface area (Å²) in [6.45, 7) is 2.59. The number of hydrogen-bond donors (Lipinski definition) is 1. The van der Waals surface area contributed by atoms with Crippen molar-refractivity contribution in [1.29, 1.82) is 0 Å². The van der Waals surface area contributed by atoms with Crippen LogP contribution in [0.1, 0.15) is 27.0 Å². The standard InChI is InChI=1S/C15H17N3O4S/c1-10-8-16-18(2)15(10)23(20,21)17-14(19)13-5-3-4-11-9-22-7-6-12(11)13/h3-5,8H,6-7,9H2,1-2H3,(H,17,19). The van der Waals surface area contributed by atoms with Crippen LogP contribution >= 0.6 is 0 Å². The van der Waals surface area contributed by atoms with E-state index in [0.29, 0.717) is 30.8 Å². The molecule has 7 nitrogen and oxygen atoms in total. The number of amides is 1. The smallest absolute Gasteiger partial charge is 0.281 e. The molecule has 1 aromatic carbocycles. The molecule has 0 saturated heterocycles. The molecule has 0 bridgehead atoms. The highest BCUT2D eigenvalue weighted by atomic mass is 32.2. The summed E-state index contributed by atoms with van der Waals surface area (Å²) >= 11 is 0. The lowest BCUT2D eigenvalue weighted by molar-refractivity contribution is 0.0967. The summed E-state index contributed by atoms with van der Waals surface area (Å²) in [6.07, 6.45) is 2.03. The Morgan fingerprint density at radius 1 is 1.39 bits per heavy atom. The topological polar surface area (TPSA) is 90.3 Å². The van der Waals surface area contributed by atoms with Gasteiger partial charge in [-0.1, -0.05) is 12.1 Å². The van der Waals surface area contributed by atoms with E-state index >= 15 is 0 Å². The van der Waals surface area contributed by atoms with Gasteiger partial charge >= 0.3 is 0 Å². The number of carbonyl (C=O) groups is 1. The van der Waals surface area contributed by atoms with E-state index in [0.717, 1.165) is 11.1 Å². The molecule has 1 N–H and O–H groups in total. The van der Waals surface area contributed by atoms with Gasteiger partial charge in [0.25, 0.3) is 15.9 Å². The second-order valence-electron chi connectivity index (χ2n) is 5.44. The van der Waals surface area contributed by atoms with Crippen molar-refractivity contribution in [2.24, 2.45) is 7.05 Å². The van der Waals surface area contributed by atoms with Crippen molar-refractivity contribution in [2.45, 2.75) is 25.0 Å². The van der Waals surface area contributed by atoms with Crippen molar-refractivity contribution in [2.75, 3.05) is 6.61 Å². The number of carbonyl (C=O) groups excluding carboxylic acids is 1. The number of aromatic nitrogens is 2. The van der Waals surface area contributed by atoms with Gasteiger partial charge in [0.05, 0.1) is 19.4 Å². The first kappa shape index (κ1) is 15.7. The Morgan fingerprint density at radius 2 is 2.17 bits per heavy atom. The van der Waals surface area contributed by atoms with Crippen LogP contribution in [-0.4, -0.2) is 30.7 Å². The summed E-state index contributed by atoms with van der Waals surface area (Å²) in [5.41, 5.74) is 2.61. The Labute approximate surface area is 134 Å². The van der Waals surface area contributed by atoms with Crippen LogP contribution in [0.3, 0.4) is 0 Å². The summed E-state index contributed by atoms with van der Waals surface area (Å²) < 4.78 is 33.7. The fourth-order valence-corrected chi connectivity index (χ4v) is 4.10. The minimum Gasteiger partial charge on any atom is -0.376 e. The van der Waals surface area contributed by atoms with E-state index in [2.05, 4.69) is 9.82 Å². The molecular formula is C15H17N3O4S. The largest absolute Gasteiger partial charge is 0.376 e. The van der Waals surface area contributed by atoms with Crippen molar-refractivity contribution in [3.63, 3.8) is 0 Å². The number of sulfonamides is 1. The summed E-state index contributed by atoms with van der Waals surface area (Å²) in [5, 5.41) is 3.89. The van der Waals surface area contributed by atoms with Crippen molar-refractivity contribution in [1.82, 2.24) is 14.5 Å². The molecular weight excluding hydrogens is 318 g/mol. The molecule has 1 aliphatic rings. The van der Waals surface area contributed by atoms with E-state index in [1.807, 2.05) is 6.07 Å². The van der Waals surface area contributed by atoms with Crippen LogP contribution < -0.4 is 4.72 Å². The highest BCUT2D eigenvalue weighted by Crippen LogP contribution is 2.21. The summed E-state index contributed by atoms with van der Waals surface area (Å²) in [6, 6.07) is 5.24. The lowest BCUT2D eigenvalue weighted by Crippen LogP contribution is -2.33. The Morgan fingerprint density at radius 3 is 2.87 bits per heavy atom. The lowest BCUT2D eigenvalue weighted by atomic mass is 9.97. The minimum absolute atomic E-state index is 0.0148. The van der Waals surface area contributed by atoms with Crippen molar-refractivity contribution < 1.29 is 17.9 Å². The van der Waals surface area contributed by atoms with Gasteiger partial charge in [-0.25, -0.2) is 4.72 Å². The Hall–Kier alpha value is -2.19. The van der Waals surface area contributed by atoms with Gasteiger partial charge in [-0.3, -0.25) is 9.48 Å². The SMILES string of the molecule is Cc1cnn(C)c1S(=O)(=O)NC(=O)c1cccc2c1CCOC2. The molecule has 23 heavy (non-hydrogen) atoms. The molecule has 1 aliphatic heterocycles. The van der Waals surface area contributed by atoms with Crippen LogP contribution in [0.15, 0.2) is 29.4 Å². The van der Waals surface area contributed by atoms with Crippen LogP contribution in [0.2, 0.25) is 0 Å². The zero-order chi connectivity index (χ0) is 16.6. The van der Waals surface area contributed by atoms with E-state index in [4.69, 9.17) is 4.74 Å². The molecule has 122 valence electrons. The molecule has 0 radical (unpaired) electrons. The molecule has 0 fully saturated rings. The molecule has 0 saturated carbocycles. The Bertz CT molecular complexity index is 851. The van der Waals surface area contributed by atoms with Gasteiger partial charge in [0.1, 0.15) is 0 Å². The number of fused-ring (bicyclic) bond motifs is 1. The average Bonchev–Trinajstić information content (AvgIpc) is 2.86. The number of benzene rings is 1. The van der Waals surface area contributed by atoms with Gasteiger partial charge in [-0.05, 0) is 30.5 Å². The first-order valence-corrected chi connectivity index (χ1v) is 8.63. The molecule has 0 aliphatic carbocycles. The van der Waals surface area contributed by atoms with Crippen LogP contribution in [0.25, 0.3) is 0 Å². The van der Waals surface area contributed by atoms with Crippen molar-refractivity contribution in [3.8, 4) is 0 Å². The molecule has 2 heterocycles. The average molecular weight is 335 g/mol. The van der Waals surface area contributed by atoms with E-state index in [-0.39, 0.29) is 5.03 Å². The van der Waals surface area contributed by atoms with E-state index in [9.17, 15) is 13.2 Å². The highest BCUT2D eigenvalue weighted by molar-refractivity contribution is 7.90. The predicted octanol–water partition coefficient (Wildman–Crippen LogP) is 0.920. The van der Waals surface area contributed by atoms with Gasteiger partial charge in [-0.2, -0.15) is 13.5 Å². The molecule has 0 atom stereocenters. The number of nitrogens with zero attached hydrogens (tertiary/aromatic N) is 2. The summed E-state index contributed by atoms with van der Waals surface area (Å²) in [4.78, 5) is 12.5. The van der Waals surface area contributed by atoms with Gasteiger partial charge in [-0.15, -0.1) is 0 Å². The van der Waals surface area contributed by atoms with Gasteiger partial charge < -0.3 is 4.74 Å². The third-order valence-electron chi connectivity index (χ3n) is 3.81. The van der Waals surface area contributed by atoms with Gasteiger partial charge in [0, 0.05) is 18.2 Å². The minimum atomic E-state index is -3.98. The fourth-order valence-electron chi connectivity index (χ4n) is 2.78. The highest BCUT2D eigenvalue weighted by Gasteiger charge is 2.26. The molecule has 3 rings (SSSR count). The number of aryl methyl sites for hydroxylation is 2. The fraction of sp³-hybridized carbons (Fsp3) is 0.333. The van der Waals surface area contributed by atoms with E-state index in [1.165, 1.54) is 17.9 Å². The Kier molecular flexibility index (Phi) is 3.95. The summed E-state index contributed by atoms with van der Waals surface area (Å²) in [5.74, 6) is -0.635. The Balaban J connectivity index is 1.94. The van der Waals surface area contributed by atoms with E-state index in [1.54, 1.807) is 19.1 Å². The number of ether oxygens (including phenoxy) is 1. The number of rotatable bonds is 3. The maximum Gasteiger partial charge on any atom is 0.281 e. The van der Waals surface area contributed by atoms with Crippen LogP contribution in [0.5, 0.6) is 0 Å². The van der Waals surface area contributed by atoms with E-state index < -0.39 is 15.9 Å². The van der Waals surface area contributed by atoms with Gasteiger partial charge in [0.15, 0.2) is 5.03 Å². The predicted molar refractivity (Wildman–Crippen MR) is 82.4 cm³/mol. The summed E-state index contributed by atoms with van der Waals surface area (Å²) in [7, 11) is -2.46. The molecule has 2 aromatic rings. The number of hydrogen-bond acceptors (Lipinski definition) is 5. The molecule has 0 spiro atoms. The second kappa shape index (κ2) is 5.78. The molecule has 1 aromatic heterocycles. The zero-order valence-electron chi connectivity index (χ0n) is 12.9. The van der Waals surface area contributed by atoms with Crippen LogP contribution in [0.4, 0.5) is 0 Å². The van der Waals surface area contributed by atoms with Crippen molar-refractivity contribution >= 4 is 15.9 Å². The maximum atomic E-state index is 12.5. The van der Waals surface area contributed by atoms with Crippen molar-refractivity contribution in [3.05, 3.63) is 46.6 Å². The zero-order valence-corrected chi connectivity index (χ0v) is 13.7. The lowest BCUT2D eigenvalue weighted by Gasteiger charge is -2.19. The number of nitrogens with one attached hydrogen (secondary N) is 1. The third-order valence-corrected chi connectivity index (χ3v) is 5.36. The second-order valence-corrected chi connectivity index (χ2v) is 7.03. The molecule has 0 unspecified atom stereocenters. The maximum absolute atomic E-state index is 12.5. The van der Waals surface area contributed by atoms with Crippen LogP contribution in [-0.2, 0) is 34.8 Å². The quantitative estimate of drug-likeness (QED) is 0.901.